The molecule has 1 aromatic rings. The largest absolute Gasteiger partial charge is 0.334 e. The summed E-state index contributed by atoms with van der Waals surface area (Å²) in [6.07, 6.45) is 4.96. The Hall–Kier alpha value is -0.870. The number of carbonyl (C=O) groups excluding carboxylic acids is 1. The van der Waals surface area contributed by atoms with Crippen LogP contribution in [0.15, 0.2) is 28.7 Å². The van der Waals surface area contributed by atoms with Crippen LogP contribution in [0.4, 0.5) is 0 Å². The number of nitrogens with one attached hydrogen (secondary N) is 1. The smallest absolute Gasteiger partial charge is 0.237 e. The second kappa shape index (κ2) is 6.27. The van der Waals surface area contributed by atoms with E-state index in [-0.39, 0.29) is 5.91 Å². The van der Waals surface area contributed by atoms with Crippen LogP contribution in [0.3, 0.4) is 0 Å². The summed E-state index contributed by atoms with van der Waals surface area (Å²) in [7, 11) is 0. The first kappa shape index (κ1) is 14.1. The van der Waals surface area contributed by atoms with Crippen LogP contribution in [0.2, 0.25) is 0 Å². The van der Waals surface area contributed by atoms with Gasteiger partial charge in [-0.1, -0.05) is 28.1 Å². The van der Waals surface area contributed by atoms with Gasteiger partial charge in [-0.05, 0) is 55.8 Å². The highest BCUT2D eigenvalue weighted by molar-refractivity contribution is 9.10. The molecule has 2 saturated carbocycles. The van der Waals surface area contributed by atoms with Crippen LogP contribution >= 0.6 is 15.9 Å². The Balaban J connectivity index is 1.55. The van der Waals surface area contributed by atoms with Crippen LogP contribution in [0.25, 0.3) is 0 Å². The fourth-order valence-electron chi connectivity index (χ4n) is 2.45. The molecule has 2 aliphatic carbocycles. The minimum absolute atomic E-state index is 0.244. The third-order valence-corrected chi connectivity index (χ3v) is 4.45. The lowest BCUT2D eigenvalue weighted by Crippen LogP contribution is -2.39. The third kappa shape index (κ3) is 4.06. The van der Waals surface area contributed by atoms with Gasteiger partial charge >= 0.3 is 0 Å². The normalized spacial score (nSPS) is 18.1. The zero-order valence-electron chi connectivity index (χ0n) is 11.6. The first-order chi connectivity index (χ1) is 9.72. The molecular formula is C16H21BrN2O. The number of benzene rings is 1. The van der Waals surface area contributed by atoms with Crippen LogP contribution in [-0.2, 0) is 11.3 Å². The van der Waals surface area contributed by atoms with E-state index in [1.54, 1.807) is 0 Å². The molecule has 4 heteroatoms. The molecule has 2 aliphatic rings. The molecule has 0 heterocycles. The molecule has 0 saturated heterocycles. The first-order valence-corrected chi connectivity index (χ1v) is 8.26. The standard InChI is InChI=1S/C16H21BrN2O/c17-14-3-1-2-13(8-14)11-19(15-6-7-15)16(20)10-18-9-12-4-5-12/h1-3,8,12,15,18H,4-7,9-11H2. The monoisotopic (exact) mass is 336 g/mol. The zero-order chi connectivity index (χ0) is 13.9. The topological polar surface area (TPSA) is 32.3 Å². The highest BCUT2D eigenvalue weighted by Gasteiger charge is 2.32. The van der Waals surface area contributed by atoms with E-state index in [4.69, 9.17) is 0 Å². The first-order valence-electron chi connectivity index (χ1n) is 7.47. The Labute approximate surface area is 128 Å². The molecule has 1 N–H and O–H groups in total. The van der Waals surface area contributed by atoms with Gasteiger partial charge in [0.05, 0.1) is 6.54 Å². The van der Waals surface area contributed by atoms with E-state index >= 15 is 0 Å². The third-order valence-electron chi connectivity index (χ3n) is 3.96. The molecule has 0 bridgehead atoms. The lowest BCUT2D eigenvalue weighted by molar-refractivity contribution is -0.131. The van der Waals surface area contributed by atoms with Crippen molar-refractivity contribution in [2.45, 2.75) is 38.3 Å². The molecule has 0 spiro atoms. The van der Waals surface area contributed by atoms with Crippen molar-refractivity contribution < 1.29 is 4.79 Å². The molecule has 0 radical (unpaired) electrons. The van der Waals surface area contributed by atoms with Crippen molar-refractivity contribution in [2.24, 2.45) is 5.92 Å². The molecule has 0 aromatic heterocycles. The molecule has 2 fully saturated rings. The van der Waals surface area contributed by atoms with Gasteiger partial charge in [0, 0.05) is 17.1 Å². The Bertz CT molecular complexity index is 483. The van der Waals surface area contributed by atoms with Crippen LogP contribution in [0.1, 0.15) is 31.2 Å². The second-order valence-corrected chi connectivity index (χ2v) is 6.87. The molecule has 20 heavy (non-hydrogen) atoms. The Kier molecular flexibility index (Phi) is 4.41. The number of rotatable bonds is 7. The van der Waals surface area contributed by atoms with Crippen molar-refractivity contribution in [3.8, 4) is 0 Å². The molecule has 3 rings (SSSR count). The van der Waals surface area contributed by atoms with Crippen LogP contribution in [-0.4, -0.2) is 29.9 Å². The summed E-state index contributed by atoms with van der Waals surface area (Å²) in [6, 6.07) is 8.69. The fraction of sp³-hybridized carbons (Fsp3) is 0.562. The maximum atomic E-state index is 12.4. The van der Waals surface area contributed by atoms with Gasteiger partial charge in [-0.2, -0.15) is 0 Å². The second-order valence-electron chi connectivity index (χ2n) is 5.96. The fourth-order valence-corrected chi connectivity index (χ4v) is 2.89. The van der Waals surface area contributed by atoms with Gasteiger partial charge in [-0.25, -0.2) is 0 Å². The van der Waals surface area contributed by atoms with Gasteiger partial charge in [0.25, 0.3) is 0 Å². The van der Waals surface area contributed by atoms with Gasteiger partial charge in [0.2, 0.25) is 5.91 Å². The number of carbonyl (C=O) groups is 1. The van der Waals surface area contributed by atoms with E-state index < -0.39 is 0 Å². The summed E-state index contributed by atoms with van der Waals surface area (Å²) >= 11 is 3.49. The van der Waals surface area contributed by atoms with Gasteiger partial charge in [-0.3, -0.25) is 4.79 Å². The summed E-state index contributed by atoms with van der Waals surface area (Å²) in [4.78, 5) is 14.4. The maximum Gasteiger partial charge on any atom is 0.237 e. The highest BCUT2D eigenvalue weighted by Crippen LogP contribution is 2.29. The van der Waals surface area contributed by atoms with Crippen molar-refractivity contribution in [1.82, 2.24) is 10.2 Å². The van der Waals surface area contributed by atoms with Gasteiger partial charge in [-0.15, -0.1) is 0 Å². The van der Waals surface area contributed by atoms with Crippen LogP contribution in [0, 0.1) is 5.92 Å². The van der Waals surface area contributed by atoms with Gasteiger partial charge < -0.3 is 10.2 Å². The average Bonchev–Trinajstić information content (AvgIpc) is 3.28. The van der Waals surface area contributed by atoms with Crippen molar-refractivity contribution >= 4 is 21.8 Å². The number of hydrogen-bond donors (Lipinski definition) is 1. The molecule has 3 nitrogen and oxygen atoms in total. The van der Waals surface area contributed by atoms with E-state index in [0.717, 1.165) is 36.3 Å². The summed E-state index contributed by atoms with van der Waals surface area (Å²) in [5.41, 5.74) is 1.20. The van der Waals surface area contributed by atoms with Crippen LogP contribution in [0.5, 0.6) is 0 Å². The molecule has 0 atom stereocenters. The van der Waals surface area contributed by atoms with Crippen molar-refractivity contribution in [2.75, 3.05) is 13.1 Å². The number of amides is 1. The summed E-state index contributed by atoms with van der Waals surface area (Å²) < 4.78 is 1.07. The lowest BCUT2D eigenvalue weighted by atomic mass is 10.2. The molecule has 1 amide bonds. The SMILES string of the molecule is O=C(CNCC1CC1)N(Cc1cccc(Br)c1)C1CC1. The predicted molar refractivity (Wildman–Crippen MR) is 83.3 cm³/mol. The molecular weight excluding hydrogens is 316 g/mol. The molecule has 0 aliphatic heterocycles. The van der Waals surface area contributed by atoms with E-state index in [1.165, 1.54) is 18.4 Å². The number of nitrogens with zero attached hydrogens (tertiary/aromatic N) is 1. The summed E-state index contributed by atoms with van der Waals surface area (Å²) in [5.74, 6) is 1.07. The molecule has 108 valence electrons. The maximum absolute atomic E-state index is 12.4. The average molecular weight is 337 g/mol. The molecule has 0 unspecified atom stereocenters. The zero-order valence-corrected chi connectivity index (χ0v) is 13.2. The van der Waals surface area contributed by atoms with Crippen LogP contribution < -0.4 is 5.32 Å². The van der Waals surface area contributed by atoms with Gasteiger partial charge in [0.15, 0.2) is 0 Å². The van der Waals surface area contributed by atoms with Crippen molar-refractivity contribution in [3.05, 3.63) is 34.3 Å². The minimum atomic E-state index is 0.244. The summed E-state index contributed by atoms with van der Waals surface area (Å²) in [6.45, 7) is 2.22. The quantitative estimate of drug-likeness (QED) is 0.830. The lowest BCUT2D eigenvalue weighted by Gasteiger charge is -2.23. The minimum Gasteiger partial charge on any atom is -0.334 e. The van der Waals surface area contributed by atoms with Gasteiger partial charge in [0.1, 0.15) is 0 Å². The van der Waals surface area contributed by atoms with Crippen molar-refractivity contribution in [3.63, 3.8) is 0 Å². The van der Waals surface area contributed by atoms with E-state index in [0.29, 0.717) is 12.6 Å². The van der Waals surface area contributed by atoms with E-state index in [2.05, 4.69) is 33.4 Å². The molecule has 1 aromatic carbocycles. The van der Waals surface area contributed by atoms with E-state index in [9.17, 15) is 4.79 Å². The summed E-state index contributed by atoms with van der Waals surface area (Å²) in [5, 5.41) is 3.31. The number of hydrogen-bond acceptors (Lipinski definition) is 2. The predicted octanol–water partition coefficient (Wildman–Crippen LogP) is 2.94. The van der Waals surface area contributed by atoms with E-state index in [1.807, 2.05) is 17.0 Å². The van der Waals surface area contributed by atoms with Crippen molar-refractivity contribution in [1.29, 1.82) is 0 Å². The number of halogens is 1. The highest BCUT2D eigenvalue weighted by atomic mass is 79.9. The Morgan fingerprint density at radius 2 is 2.10 bits per heavy atom. The Morgan fingerprint density at radius 3 is 2.75 bits per heavy atom. The Morgan fingerprint density at radius 1 is 1.30 bits per heavy atom.